The van der Waals surface area contributed by atoms with Gasteiger partial charge in [-0.3, -0.25) is 9.48 Å². The molecular weight excluding hydrogens is 286 g/mol. The Labute approximate surface area is 118 Å². The molecule has 1 aromatic rings. The predicted octanol–water partition coefficient (Wildman–Crippen LogP) is 0.985. The zero-order valence-electron chi connectivity index (χ0n) is 11.6. The standard InChI is InChI=1S/C11H19N3O3S2/c1-5-18-7-6-10(15)13-19(16,17)11-8(2)12-14(4)9(11)3/h5-7H2,1-4H3,(H,13,15). The maximum Gasteiger partial charge on any atom is 0.267 e. The maximum absolute atomic E-state index is 12.1. The van der Waals surface area contributed by atoms with Crippen molar-refractivity contribution in [3.63, 3.8) is 0 Å². The van der Waals surface area contributed by atoms with Gasteiger partial charge in [0, 0.05) is 19.2 Å². The molecule has 0 radical (unpaired) electrons. The molecule has 0 spiro atoms. The normalized spacial score (nSPS) is 11.6. The van der Waals surface area contributed by atoms with Crippen LogP contribution in [0.3, 0.4) is 0 Å². The summed E-state index contributed by atoms with van der Waals surface area (Å²) in [7, 11) is -2.16. The van der Waals surface area contributed by atoms with Crippen molar-refractivity contribution in [1.82, 2.24) is 14.5 Å². The summed E-state index contributed by atoms with van der Waals surface area (Å²) < 4.78 is 27.9. The Morgan fingerprint density at radius 2 is 2.05 bits per heavy atom. The van der Waals surface area contributed by atoms with Crippen molar-refractivity contribution in [3.05, 3.63) is 11.4 Å². The second-order valence-corrected chi connectivity index (χ2v) is 7.11. The third-order valence-corrected chi connectivity index (χ3v) is 5.16. The lowest BCUT2D eigenvalue weighted by molar-refractivity contribution is -0.118. The van der Waals surface area contributed by atoms with E-state index in [1.165, 1.54) is 4.68 Å². The van der Waals surface area contributed by atoms with Crippen LogP contribution in [0.5, 0.6) is 0 Å². The van der Waals surface area contributed by atoms with Crippen LogP contribution in [0.2, 0.25) is 0 Å². The first-order valence-electron chi connectivity index (χ1n) is 5.93. The topological polar surface area (TPSA) is 81.1 Å². The second-order valence-electron chi connectivity index (χ2n) is 4.10. The fourth-order valence-corrected chi connectivity index (χ4v) is 3.78. The Bertz CT molecular complexity index is 564. The molecule has 6 nitrogen and oxygen atoms in total. The van der Waals surface area contributed by atoms with E-state index in [9.17, 15) is 13.2 Å². The van der Waals surface area contributed by atoms with Gasteiger partial charge in [0.05, 0.1) is 11.4 Å². The number of carbonyl (C=O) groups excluding carboxylic acids is 1. The molecule has 1 heterocycles. The van der Waals surface area contributed by atoms with Crippen molar-refractivity contribution in [1.29, 1.82) is 0 Å². The number of thioether (sulfide) groups is 1. The van der Waals surface area contributed by atoms with Crippen molar-refractivity contribution in [2.45, 2.75) is 32.1 Å². The molecule has 1 N–H and O–H groups in total. The summed E-state index contributed by atoms with van der Waals surface area (Å²) in [6.45, 7) is 5.26. The van der Waals surface area contributed by atoms with E-state index in [2.05, 4.69) is 9.82 Å². The maximum atomic E-state index is 12.1. The van der Waals surface area contributed by atoms with Crippen LogP contribution in [-0.4, -0.2) is 35.6 Å². The highest BCUT2D eigenvalue weighted by molar-refractivity contribution is 7.99. The highest BCUT2D eigenvalue weighted by Gasteiger charge is 2.25. The Kier molecular flexibility index (Phi) is 5.42. The van der Waals surface area contributed by atoms with E-state index in [1.54, 1.807) is 32.7 Å². The van der Waals surface area contributed by atoms with Gasteiger partial charge < -0.3 is 0 Å². The van der Waals surface area contributed by atoms with Crippen molar-refractivity contribution in [2.24, 2.45) is 7.05 Å². The smallest absolute Gasteiger partial charge is 0.267 e. The average Bonchev–Trinajstić information content (AvgIpc) is 2.52. The van der Waals surface area contributed by atoms with E-state index < -0.39 is 15.9 Å². The Morgan fingerprint density at radius 3 is 2.53 bits per heavy atom. The van der Waals surface area contributed by atoms with E-state index in [1.807, 2.05) is 6.92 Å². The highest BCUT2D eigenvalue weighted by atomic mass is 32.2. The molecule has 19 heavy (non-hydrogen) atoms. The molecule has 0 aliphatic rings. The van der Waals surface area contributed by atoms with Crippen LogP contribution in [0.15, 0.2) is 4.90 Å². The van der Waals surface area contributed by atoms with Gasteiger partial charge in [-0.15, -0.1) is 0 Å². The van der Waals surface area contributed by atoms with E-state index in [4.69, 9.17) is 0 Å². The van der Waals surface area contributed by atoms with Crippen molar-refractivity contribution in [3.8, 4) is 0 Å². The lowest BCUT2D eigenvalue weighted by Gasteiger charge is -2.07. The van der Waals surface area contributed by atoms with Gasteiger partial charge in [0.25, 0.3) is 10.0 Å². The molecule has 108 valence electrons. The van der Waals surface area contributed by atoms with Crippen LogP contribution in [0.4, 0.5) is 0 Å². The summed E-state index contributed by atoms with van der Waals surface area (Å²) in [5.74, 6) is 1.03. The number of hydrogen-bond acceptors (Lipinski definition) is 5. The Morgan fingerprint density at radius 1 is 1.42 bits per heavy atom. The molecule has 1 rings (SSSR count). The molecule has 1 amide bonds. The minimum Gasteiger partial charge on any atom is -0.274 e. The monoisotopic (exact) mass is 305 g/mol. The largest absolute Gasteiger partial charge is 0.274 e. The van der Waals surface area contributed by atoms with E-state index >= 15 is 0 Å². The molecule has 0 bridgehead atoms. The van der Waals surface area contributed by atoms with Crippen LogP contribution in [-0.2, 0) is 21.9 Å². The quantitative estimate of drug-likeness (QED) is 0.793. The third kappa shape index (κ3) is 3.97. The van der Waals surface area contributed by atoms with Crippen molar-refractivity contribution < 1.29 is 13.2 Å². The fourth-order valence-electron chi connectivity index (χ4n) is 1.70. The Hall–Kier alpha value is -1.02. The van der Waals surface area contributed by atoms with Crippen molar-refractivity contribution in [2.75, 3.05) is 11.5 Å². The molecule has 0 saturated heterocycles. The summed E-state index contributed by atoms with van der Waals surface area (Å²) >= 11 is 1.60. The van der Waals surface area contributed by atoms with Gasteiger partial charge in [0.1, 0.15) is 4.90 Å². The molecular formula is C11H19N3O3S2. The van der Waals surface area contributed by atoms with Gasteiger partial charge in [-0.2, -0.15) is 16.9 Å². The molecule has 0 aliphatic carbocycles. The Balaban J connectivity index is 2.84. The van der Waals surface area contributed by atoms with Gasteiger partial charge in [0.15, 0.2) is 0 Å². The van der Waals surface area contributed by atoms with Crippen LogP contribution >= 0.6 is 11.8 Å². The number of sulfonamides is 1. The van der Waals surface area contributed by atoms with E-state index in [0.717, 1.165) is 5.75 Å². The van der Waals surface area contributed by atoms with Crippen LogP contribution in [0, 0.1) is 13.8 Å². The summed E-state index contributed by atoms with van der Waals surface area (Å²) in [4.78, 5) is 11.7. The number of aromatic nitrogens is 2. The molecule has 0 aromatic carbocycles. The first kappa shape index (κ1) is 16.0. The van der Waals surface area contributed by atoms with Crippen LogP contribution in [0.25, 0.3) is 0 Å². The van der Waals surface area contributed by atoms with Crippen LogP contribution in [0.1, 0.15) is 24.7 Å². The van der Waals surface area contributed by atoms with Crippen molar-refractivity contribution >= 4 is 27.7 Å². The number of rotatable bonds is 6. The van der Waals surface area contributed by atoms with E-state index in [0.29, 0.717) is 17.1 Å². The second kappa shape index (κ2) is 6.42. The first-order valence-corrected chi connectivity index (χ1v) is 8.57. The lowest BCUT2D eigenvalue weighted by Crippen LogP contribution is -2.31. The summed E-state index contributed by atoms with van der Waals surface area (Å²) in [6, 6.07) is 0. The summed E-state index contributed by atoms with van der Waals surface area (Å²) in [6.07, 6.45) is 0.191. The van der Waals surface area contributed by atoms with Gasteiger partial charge in [-0.25, -0.2) is 13.1 Å². The minimum absolute atomic E-state index is 0.0893. The SMILES string of the molecule is CCSCCC(=O)NS(=O)(=O)c1c(C)nn(C)c1C. The number of aryl methyl sites for hydroxylation is 2. The number of amides is 1. The number of nitrogens with one attached hydrogen (secondary N) is 1. The first-order chi connectivity index (χ1) is 8.79. The zero-order chi connectivity index (χ0) is 14.6. The zero-order valence-corrected chi connectivity index (χ0v) is 13.2. The number of nitrogens with zero attached hydrogens (tertiary/aromatic N) is 2. The van der Waals surface area contributed by atoms with Gasteiger partial charge in [-0.05, 0) is 19.6 Å². The molecule has 0 unspecified atom stereocenters. The van der Waals surface area contributed by atoms with Gasteiger partial charge >= 0.3 is 0 Å². The lowest BCUT2D eigenvalue weighted by atomic mass is 10.4. The van der Waals surface area contributed by atoms with E-state index in [-0.39, 0.29) is 11.3 Å². The predicted molar refractivity (Wildman–Crippen MR) is 75.6 cm³/mol. The van der Waals surface area contributed by atoms with Crippen LogP contribution < -0.4 is 4.72 Å². The average molecular weight is 305 g/mol. The third-order valence-electron chi connectivity index (χ3n) is 2.64. The fraction of sp³-hybridized carbons (Fsp3) is 0.636. The number of hydrogen-bond donors (Lipinski definition) is 1. The molecule has 0 saturated carbocycles. The molecule has 1 aromatic heterocycles. The van der Waals surface area contributed by atoms with Gasteiger partial charge in [-0.1, -0.05) is 6.92 Å². The minimum atomic E-state index is -3.83. The molecule has 0 fully saturated rings. The molecule has 0 atom stereocenters. The molecule has 0 aliphatic heterocycles. The van der Waals surface area contributed by atoms with Gasteiger partial charge in [0.2, 0.25) is 5.91 Å². The summed E-state index contributed by atoms with van der Waals surface area (Å²) in [5.41, 5.74) is 0.906. The molecule has 8 heteroatoms. The number of carbonyl (C=O) groups is 1. The summed E-state index contributed by atoms with van der Waals surface area (Å²) in [5, 5.41) is 4.04. The highest BCUT2D eigenvalue weighted by Crippen LogP contribution is 2.18.